The summed E-state index contributed by atoms with van der Waals surface area (Å²) in [6.07, 6.45) is 0.758. The molecule has 6 bridgehead atoms. The average Bonchev–Trinajstić information content (AvgIpc) is 3.21. The van der Waals surface area contributed by atoms with Gasteiger partial charge in [0.2, 0.25) is 5.95 Å². The molecule has 5 aromatic rings. The van der Waals surface area contributed by atoms with Gasteiger partial charge in [-0.15, -0.1) is 0 Å². The predicted molar refractivity (Wildman–Crippen MR) is 139 cm³/mol. The van der Waals surface area contributed by atoms with Crippen LogP contribution in [0.1, 0.15) is 27.0 Å². The van der Waals surface area contributed by atoms with Crippen molar-refractivity contribution < 1.29 is 4.79 Å². The summed E-state index contributed by atoms with van der Waals surface area (Å²) >= 11 is 0. The second-order valence-electron chi connectivity index (χ2n) is 8.95. The van der Waals surface area contributed by atoms with E-state index in [2.05, 4.69) is 22.5 Å². The first kappa shape index (κ1) is 21.9. The maximum Gasteiger partial charge on any atom is 0.267 e. The van der Waals surface area contributed by atoms with Crippen molar-refractivity contribution in [1.82, 2.24) is 19.3 Å². The molecule has 6 rings (SSSR count). The highest BCUT2D eigenvalue weighted by molar-refractivity contribution is 6.04. The van der Waals surface area contributed by atoms with Gasteiger partial charge in [-0.05, 0) is 66.1 Å². The first-order chi connectivity index (χ1) is 17.6. The molecule has 0 aliphatic carbocycles. The predicted octanol–water partition coefficient (Wildman–Crippen LogP) is 3.42. The van der Waals surface area contributed by atoms with Gasteiger partial charge in [-0.3, -0.25) is 14.9 Å². The normalized spacial score (nSPS) is 13.0. The van der Waals surface area contributed by atoms with Crippen molar-refractivity contribution >= 4 is 22.9 Å². The molecule has 1 aliphatic rings. The van der Waals surface area contributed by atoms with Crippen molar-refractivity contribution in [3.05, 3.63) is 111 Å². The molecule has 3 heterocycles. The molecule has 0 unspecified atom stereocenters. The molecule has 3 aromatic carbocycles. The molecular weight excluding hydrogens is 452 g/mol. The van der Waals surface area contributed by atoms with E-state index in [0.717, 1.165) is 39.7 Å². The fourth-order valence-electron chi connectivity index (χ4n) is 4.64. The second kappa shape index (κ2) is 8.90. The molecule has 1 amide bonds. The molecule has 36 heavy (non-hydrogen) atoms. The van der Waals surface area contributed by atoms with Crippen LogP contribution in [-0.4, -0.2) is 31.8 Å². The van der Waals surface area contributed by atoms with E-state index in [1.165, 1.54) is 10.7 Å². The third-order valence-electron chi connectivity index (χ3n) is 6.42. The zero-order valence-corrected chi connectivity index (χ0v) is 19.5. The SMILES string of the molecule is NCCc1ccc2c(c1)nc1n2Cc2cccc(c2)-c2ccc(=O)n(n2)Cc2cccc(c2)C(=O)N1. The summed E-state index contributed by atoms with van der Waals surface area (Å²) in [5.74, 6) is 0.203. The number of imidazole rings is 1. The lowest BCUT2D eigenvalue weighted by atomic mass is 10.1. The highest BCUT2D eigenvalue weighted by Crippen LogP contribution is 2.25. The summed E-state index contributed by atoms with van der Waals surface area (Å²) in [6, 6.07) is 24.6. The van der Waals surface area contributed by atoms with Gasteiger partial charge in [-0.2, -0.15) is 5.10 Å². The average molecular weight is 477 g/mol. The minimum absolute atomic E-state index is 0.199. The Hall–Kier alpha value is -4.56. The summed E-state index contributed by atoms with van der Waals surface area (Å²) < 4.78 is 3.44. The fraction of sp³-hybridized carbons (Fsp3) is 0.143. The molecule has 0 fully saturated rings. The quantitative estimate of drug-likeness (QED) is 0.406. The van der Waals surface area contributed by atoms with Crippen LogP contribution in [0.3, 0.4) is 0 Å². The van der Waals surface area contributed by atoms with Crippen molar-refractivity contribution in [3.8, 4) is 11.3 Å². The van der Waals surface area contributed by atoms with E-state index in [4.69, 9.17) is 10.7 Å². The molecule has 1 aliphatic heterocycles. The van der Waals surface area contributed by atoms with Gasteiger partial charge in [0, 0.05) is 17.2 Å². The lowest BCUT2D eigenvalue weighted by Gasteiger charge is -2.12. The topological polar surface area (TPSA) is 108 Å². The number of nitrogens with two attached hydrogens (primary N) is 1. The Morgan fingerprint density at radius 1 is 0.861 bits per heavy atom. The van der Waals surface area contributed by atoms with Crippen LogP contribution < -0.4 is 16.6 Å². The minimum Gasteiger partial charge on any atom is -0.330 e. The molecule has 0 radical (unpaired) electrons. The third kappa shape index (κ3) is 4.08. The van der Waals surface area contributed by atoms with E-state index in [1.54, 1.807) is 18.2 Å². The number of aromatic nitrogens is 4. The van der Waals surface area contributed by atoms with Gasteiger partial charge >= 0.3 is 0 Å². The minimum atomic E-state index is -0.270. The Bertz CT molecular complexity index is 1680. The van der Waals surface area contributed by atoms with Gasteiger partial charge in [-0.1, -0.05) is 36.4 Å². The third-order valence-corrected chi connectivity index (χ3v) is 6.42. The van der Waals surface area contributed by atoms with E-state index < -0.39 is 0 Å². The van der Waals surface area contributed by atoms with Gasteiger partial charge in [0.25, 0.3) is 11.5 Å². The first-order valence-electron chi connectivity index (χ1n) is 11.8. The van der Waals surface area contributed by atoms with Crippen LogP contribution in [0.4, 0.5) is 5.95 Å². The number of rotatable bonds is 2. The van der Waals surface area contributed by atoms with E-state index in [1.807, 2.05) is 47.0 Å². The number of carbonyl (C=O) groups excluding carboxylic acids is 1. The number of carbonyl (C=O) groups is 1. The van der Waals surface area contributed by atoms with Crippen molar-refractivity contribution in [2.75, 3.05) is 11.9 Å². The smallest absolute Gasteiger partial charge is 0.267 e. The number of hydrogen-bond acceptors (Lipinski definition) is 5. The Balaban J connectivity index is 1.55. The van der Waals surface area contributed by atoms with Gasteiger partial charge in [0.05, 0.1) is 29.8 Å². The monoisotopic (exact) mass is 476 g/mol. The van der Waals surface area contributed by atoms with Gasteiger partial charge in [0.15, 0.2) is 0 Å². The number of hydrogen-bond donors (Lipinski definition) is 2. The molecule has 2 aromatic heterocycles. The van der Waals surface area contributed by atoms with Gasteiger partial charge in [-0.25, -0.2) is 9.67 Å². The van der Waals surface area contributed by atoms with Crippen molar-refractivity contribution in [2.24, 2.45) is 5.73 Å². The van der Waals surface area contributed by atoms with Crippen molar-refractivity contribution in [2.45, 2.75) is 19.5 Å². The van der Waals surface area contributed by atoms with Gasteiger partial charge in [0.1, 0.15) is 0 Å². The van der Waals surface area contributed by atoms with Crippen LogP contribution in [0.2, 0.25) is 0 Å². The lowest BCUT2D eigenvalue weighted by molar-refractivity contribution is 0.102. The zero-order chi connectivity index (χ0) is 24.6. The molecule has 0 spiro atoms. The van der Waals surface area contributed by atoms with Crippen molar-refractivity contribution in [3.63, 3.8) is 0 Å². The van der Waals surface area contributed by atoms with Crippen LogP contribution in [0, 0.1) is 0 Å². The molecule has 3 N–H and O–H groups in total. The molecule has 0 saturated heterocycles. The number of anilines is 1. The van der Waals surface area contributed by atoms with Crippen LogP contribution in [0.25, 0.3) is 22.3 Å². The van der Waals surface area contributed by atoms with Crippen LogP contribution >= 0.6 is 0 Å². The van der Waals surface area contributed by atoms with E-state index in [9.17, 15) is 9.59 Å². The number of nitrogens with one attached hydrogen (secondary N) is 1. The van der Waals surface area contributed by atoms with Crippen LogP contribution in [-0.2, 0) is 19.5 Å². The molecule has 178 valence electrons. The zero-order valence-electron chi connectivity index (χ0n) is 19.5. The highest BCUT2D eigenvalue weighted by Gasteiger charge is 2.17. The second-order valence-corrected chi connectivity index (χ2v) is 8.95. The Labute approximate surface area is 207 Å². The number of amides is 1. The Kier molecular flexibility index (Phi) is 5.42. The largest absolute Gasteiger partial charge is 0.330 e. The molecular formula is C28H24N6O2. The summed E-state index contributed by atoms with van der Waals surface area (Å²) in [5.41, 5.74) is 12.3. The maximum atomic E-state index is 13.3. The Morgan fingerprint density at radius 3 is 2.47 bits per heavy atom. The van der Waals surface area contributed by atoms with Crippen LogP contribution in [0.5, 0.6) is 0 Å². The highest BCUT2D eigenvalue weighted by atomic mass is 16.2. The fourth-order valence-corrected chi connectivity index (χ4v) is 4.64. The summed E-state index contributed by atoms with van der Waals surface area (Å²) in [6.45, 7) is 1.31. The summed E-state index contributed by atoms with van der Waals surface area (Å²) in [7, 11) is 0. The van der Waals surface area contributed by atoms with Gasteiger partial charge < -0.3 is 10.3 Å². The Morgan fingerprint density at radius 2 is 1.64 bits per heavy atom. The van der Waals surface area contributed by atoms with Crippen molar-refractivity contribution in [1.29, 1.82) is 0 Å². The molecule has 8 heteroatoms. The summed E-state index contributed by atoms with van der Waals surface area (Å²) in [5, 5.41) is 7.62. The lowest BCUT2D eigenvalue weighted by Crippen LogP contribution is -2.23. The van der Waals surface area contributed by atoms with E-state index in [0.29, 0.717) is 30.3 Å². The van der Waals surface area contributed by atoms with E-state index in [-0.39, 0.29) is 18.0 Å². The van der Waals surface area contributed by atoms with E-state index >= 15 is 0 Å². The standard InChI is InChI=1S/C28H24N6O2/c29-12-11-18-7-9-25-24(15-18)30-28-31-27(36)22-6-2-4-20(14-22)17-34-26(35)10-8-23(32-34)21-5-1-3-19(13-21)16-33(25)28/h1-10,13-15H,11-12,16-17,29H2,(H,30,31,36). The molecule has 8 nitrogen and oxygen atoms in total. The maximum absolute atomic E-state index is 13.3. The number of nitrogens with zero attached hydrogens (tertiary/aromatic N) is 4. The summed E-state index contributed by atoms with van der Waals surface area (Å²) in [4.78, 5) is 30.6. The number of benzene rings is 3. The first-order valence-corrected chi connectivity index (χ1v) is 11.8. The van der Waals surface area contributed by atoms with Crippen LogP contribution in [0.15, 0.2) is 83.7 Å². The number of fused-ring (bicyclic) bond motifs is 10. The molecule has 0 atom stereocenters. The molecule has 0 saturated carbocycles.